The Bertz CT molecular complexity index is 317. The van der Waals surface area contributed by atoms with Crippen molar-refractivity contribution in [3.05, 3.63) is 0 Å². The topological polar surface area (TPSA) is 55.1 Å². The Kier molecular flexibility index (Phi) is 4.54. The van der Waals surface area contributed by atoms with Crippen LogP contribution in [0.1, 0.15) is 65.7 Å². The molecule has 0 aromatic carbocycles. The van der Waals surface area contributed by atoms with E-state index >= 15 is 0 Å². The zero-order chi connectivity index (χ0) is 14.0. The van der Waals surface area contributed by atoms with E-state index in [0.29, 0.717) is 24.3 Å². The van der Waals surface area contributed by atoms with Gasteiger partial charge in [0.15, 0.2) is 0 Å². The molecule has 2 fully saturated rings. The quantitative estimate of drug-likeness (QED) is 0.822. The molecule has 0 saturated heterocycles. The van der Waals surface area contributed by atoms with E-state index in [0.717, 1.165) is 6.42 Å². The highest BCUT2D eigenvalue weighted by Crippen LogP contribution is 2.38. The number of hydrogen-bond acceptors (Lipinski definition) is 2. The monoisotopic (exact) mass is 266 g/mol. The predicted molar refractivity (Wildman–Crippen MR) is 78.7 cm³/mol. The molecule has 0 aromatic rings. The number of rotatable bonds is 4. The Hall–Kier alpha value is -0.570. The number of carbonyl (C=O) groups excluding carboxylic acids is 1. The Morgan fingerprint density at radius 3 is 2.42 bits per heavy atom. The SMILES string of the molecule is CC(C)(C)C1CCCCC1NC(=O)CC(N)C1CC1. The Balaban J connectivity index is 1.86. The zero-order valence-corrected chi connectivity index (χ0v) is 12.7. The first kappa shape index (κ1) is 14.8. The molecule has 3 heteroatoms. The first-order valence-electron chi connectivity index (χ1n) is 7.93. The second-order valence-electron chi connectivity index (χ2n) is 7.64. The van der Waals surface area contributed by atoms with Crippen LogP contribution in [-0.2, 0) is 4.79 Å². The molecule has 0 spiro atoms. The molecule has 3 N–H and O–H groups in total. The first-order valence-corrected chi connectivity index (χ1v) is 7.93. The highest BCUT2D eigenvalue weighted by molar-refractivity contribution is 5.77. The van der Waals surface area contributed by atoms with Crippen molar-refractivity contribution in [3.8, 4) is 0 Å². The van der Waals surface area contributed by atoms with E-state index < -0.39 is 0 Å². The van der Waals surface area contributed by atoms with Gasteiger partial charge in [-0.25, -0.2) is 0 Å². The van der Waals surface area contributed by atoms with Crippen molar-refractivity contribution >= 4 is 5.91 Å². The fourth-order valence-electron chi connectivity index (χ4n) is 3.51. The van der Waals surface area contributed by atoms with Gasteiger partial charge in [-0.15, -0.1) is 0 Å². The number of amides is 1. The minimum atomic E-state index is 0.0803. The summed E-state index contributed by atoms with van der Waals surface area (Å²) in [5.41, 5.74) is 6.32. The summed E-state index contributed by atoms with van der Waals surface area (Å²) >= 11 is 0. The minimum absolute atomic E-state index is 0.0803. The molecule has 0 radical (unpaired) electrons. The lowest BCUT2D eigenvalue weighted by Gasteiger charge is -2.40. The lowest BCUT2D eigenvalue weighted by molar-refractivity contribution is -0.123. The number of nitrogens with one attached hydrogen (secondary N) is 1. The van der Waals surface area contributed by atoms with Crippen LogP contribution in [0.5, 0.6) is 0 Å². The molecule has 2 saturated carbocycles. The van der Waals surface area contributed by atoms with Crippen LogP contribution in [0.3, 0.4) is 0 Å². The molecule has 1 amide bonds. The molecule has 2 rings (SSSR count). The summed E-state index contributed by atoms with van der Waals surface area (Å²) in [5, 5.41) is 3.27. The maximum atomic E-state index is 12.1. The molecule has 19 heavy (non-hydrogen) atoms. The van der Waals surface area contributed by atoms with Crippen molar-refractivity contribution < 1.29 is 4.79 Å². The Morgan fingerprint density at radius 2 is 1.84 bits per heavy atom. The van der Waals surface area contributed by atoms with Gasteiger partial charge < -0.3 is 11.1 Å². The Labute approximate surface area is 117 Å². The molecular formula is C16H30N2O. The molecule has 3 nitrogen and oxygen atoms in total. The maximum Gasteiger partial charge on any atom is 0.221 e. The summed E-state index contributed by atoms with van der Waals surface area (Å²) in [6, 6.07) is 0.435. The van der Waals surface area contributed by atoms with E-state index in [1.807, 2.05) is 0 Å². The largest absolute Gasteiger partial charge is 0.353 e. The summed E-state index contributed by atoms with van der Waals surface area (Å²) in [6.07, 6.45) is 7.85. The van der Waals surface area contributed by atoms with Crippen molar-refractivity contribution in [3.63, 3.8) is 0 Å². The Morgan fingerprint density at radius 1 is 1.21 bits per heavy atom. The molecule has 3 unspecified atom stereocenters. The summed E-state index contributed by atoms with van der Waals surface area (Å²) in [4.78, 5) is 12.1. The zero-order valence-electron chi connectivity index (χ0n) is 12.7. The first-order chi connectivity index (χ1) is 8.88. The van der Waals surface area contributed by atoms with Gasteiger partial charge in [-0.1, -0.05) is 33.6 Å². The fourth-order valence-corrected chi connectivity index (χ4v) is 3.51. The average Bonchev–Trinajstić information content (AvgIpc) is 3.11. The predicted octanol–water partition coefficient (Wildman–Crippen LogP) is 2.83. The van der Waals surface area contributed by atoms with Crippen LogP contribution in [0.4, 0.5) is 0 Å². The van der Waals surface area contributed by atoms with Crippen LogP contribution in [0.2, 0.25) is 0 Å². The van der Waals surface area contributed by atoms with E-state index in [1.165, 1.54) is 32.1 Å². The number of carbonyl (C=O) groups is 1. The van der Waals surface area contributed by atoms with E-state index in [9.17, 15) is 4.79 Å². The van der Waals surface area contributed by atoms with Gasteiger partial charge in [0.05, 0.1) is 0 Å². The smallest absolute Gasteiger partial charge is 0.221 e. The third-order valence-corrected chi connectivity index (χ3v) is 4.87. The summed E-state index contributed by atoms with van der Waals surface area (Å²) < 4.78 is 0. The van der Waals surface area contributed by atoms with E-state index in [-0.39, 0.29) is 17.4 Å². The fraction of sp³-hybridized carbons (Fsp3) is 0.938. The van der Waals surface area contributed by atoms with Gasteiger partial charge in [-0.2, -0.15) is 0 Å². The molecule has 2 aliphatic rings. The van der Waals surface area contributed by atoms with Gasteiger partial charge >= 0.3 is 0 Å². The van der Waals surface area contributed by atoms with E-state index in [2.05, 4.69) is 26.1 Å². The van der Waals surface area contributed by atoms with Crippen LogP contribution in [0, 0.1) is 17.3 Å². The number of hydrogen-bond donors (Lipinski definition) is 2. The van der Waals surface area contributed by atoms with Crippen molar-refractivity contribution in [2.75, 3.05) is 0 Å². The molecule has 0 aromatic heterocycles. The van der Waals surface area contributed by atoms with Gasteiger partial charge in [-0.05, 0) is 42.9 Å². The van der Waals surface area contributed by atoms with Gasteiger partial charge in [-0.3, -0.25) is 4.79 Å². The maximum absolute atomic E-state index is 12.1. The lowest BCUT2D eigenvalue weighted by Crippen LogP contribution is -2.47. The highest BCUT2D eigenvalue weighted by Gasteiger charge is 2.36. The van der Waals surface area contributed by atoms with Crippen molar-refractivity contribution in [1.82, 2.24) is 5.32 Å². The molecule has 2 aliphatic carbocycles. The van der Waals surface area contributed by atoms with Crippen molar-refractivity contribution in [1.29, 1.82) is 0 Å². The molecular weight excluding hydrogens is 236 g/mol. The average molecular weight is 266 g/mol. The van der Waals surface area contributed by atoms with Crippen LogP contribution < -0.4 is 11.1 Å². The standard InChI is InChI=1S/C16H30N2O/c1-16(2,3)12-6-4-5-7-14(12)18-15(19)10-13(17)11-8-9-11/h11-14H,4-10,17H2,1-3H3,(H,18,19). The van der Waals surface area contributed by atoms with E-state index in [1.54, 1.807) is 0 Å². The van der Waals surface area contributed by atoms with Crippen molar-refractivity contribution in [2.45, 2.75) is 77.8 Å². The van der Waals surface area contributed by atoms with Crippen LogP contribution in [-0.4, -0.2) is 18.0 Å². The van der Waals surface area contributed by atoms with E-state index in [4.69, 9.17) is 5.73 Å². The second kappa shape index (κ2) is 5.82. The minimum Gasteiger partial charge on any atom is -0.353 e. The van der Waals surface area contributed by atoms with Gasteiger partial charge in [0, 0.05) is 18.5 Å². The highest BCUT2D eigenvalue weighted by atomic mass is 16.1. The molecule has 0 bridgehead atoms. The number of nitrogens with two attached hydrogens (primary N) is 1. The third kappa shape index (κ3) is 4.20. The van der Waals surface area contributed by atoms with Crippen molar-refractivity contribution in [2.24, 2.45) is 23.0 Å². The third-order valence-electron chi connectivity index (χ3n) is 4.87. The lowest BCUT2D eigenvalue weighted by atomic mass is 9.69. The molecule has 0 heterocycles. The molecule has 3 atom stereocenters. The van der Waals surface area contributed by atoms with Gasteiger partial charge in [0.2, 0.25) is 5.91 Å². The molecule has 110 valence electrons. The van der Waals surface area contributed by atoms with Crippen LogP contribution in [0.25, 0.3) is 0 Å². The van der Waals surface area contributed by atoms with Gasteiger partial charge in [0.25, 0.3) is 0 Å². The van der Waals surface area contributed by atoms with Gasteiger partial charge in [0.1, 0.15) is 0 Å². The van der Waals surface area contributed by atoms with Crippen LogP contribution in [0.15, 0.2) is 0 Å². The summed E-state index contributed by atoms with van der Waals surface area (Å²) in [5.74, 6) is 1.37. The second-order valence-corrected chi connectivity index (χ2v) is 7.64. The summed E-state index contributed by atoms with van der Waals surface area (Å²) in [6.45, 7) is 6.87. The van der Waals surface area contributed by atoms with Crippen LogP contribution >= 0.6 is 0 Å². The molecule has 0 aliphatic heterocycles. The summed E-state index contributed by atoms with van der Waals surface area (Å²) in [7, 11) is 0. The normalized spacial score (nSPS) is 29.9.